The Bertz CT molecular complexity index is 441. The molecule has 0 spiro atoms. The second kappa shape index (κ2) is 8.76. The van der Waals surface area contributed by atoms with Crippen molar-refractivity contribution in [2.45, 2.75) is 52.6 Å². The van der Waals surface area contributed by atoms with Crippen LogP contribution in [-0.2, 0) is 11.3 Å². The molecule has 1 aliphatic heterocycles. The van der Waals surface area contributed by atoms with E-state index in [0.29, 0.717) is 18.2 Å². The highest BCUT2D eigenvalue weighted by Crippen LogP contribution is 2.20. The van der Waals surface area contributed by atoms with Gasteiger partial charge in [-0.3, -0.25) is 4.79 Å². The number of nitrogens with one attached hydrogen (secondary N) is 1. The summed E-state index contributed by atoms with van der Waals surface area (Å²) in [7, 11) is 0. The fraction of sp³-hybridized carbons (Fsp3) is 0.688. The van der Waals surface area contributed by atoms with Crippen LogP contribution in [0.1, 0.15) is 42.9 Å². The number of aryl methyl sites for hydroxylation is 1. The van der Waals surface area contributed by atoms with Crippen molar-refractivity contribution < 1.29 is 4.79 Å². The SMILES string of the molecule is Cc1ccc(CN(C(=O)CCC2CCNC2)C(C)C)s1.Cl. The number of thiophene rings is 1. The van der Waals surface area contributed by atoms with Crippen LogP contribution in [0.2, 0.25) is 0 Å². The number of hydrogen-bond donors (Lipinski definition) is 1. The van der Waals surface area contributed by atoms with Crippen LogP contribution < -0.4 is 5.32 Å². The lowest BCUT2D eigenvalue weighted by atomic mass is 10.0. The van der Waals surface area contributed by atoms with Gasteiger partial charge in [0, 0.05) is 22.2 Å². The molecule has 1 N–H and O–H groups in total. The zero-order chi connectivity index (χ0) is 14.5. The van der Waals surface area contributed by atoms with Crippen molar-refractivity contribution in [3.63, 3.8) is 0 Å². The van der Waals surface area contributed by atoms with Crippen LogP contribution in [-0.4, -0.2) is 29.9 Å². The van der Waals surface area contributed by atoms with E-state index in [-0.39, 0.29) is 18.4 Å². The summed E-state index contributed by atoms with van der Waals surface area (Å²) in [4.78, 5) is 17.1. The van der Waals surface area contributed by atoms with E-state index in [4.69, 9.17) is 0 Å². The molecule has 21 heavy (non-hydrogen) atoms. The molecule has 0 aromatic carbocycles. The van der Waals surface area contributed by atoms with Crippen molar-refractivity contribution in [2.24, 2.45) is 5.92 Å². The quantitative estimate of drug-likeness (QED) is 0.864. The van der Waals surface area contributed by atoms with E-state index >= 15 is 0 Å². The molecule has 1 atom stereocenters. The lowest BCUT2D eigenvalue weighted by Crippen LogP contribution is -2.36. The molecule has 0 aliphatic carbocycles. The number of amides is 1. The molecule has 1 aromatic rings. The van der Waals surface area contributed by atoms with Gasteiger partial charge in [0.1, 0.15) is 0 Å². The predicted octanol–water partition coefficient (Wildman–Crippen LogP) is 3.61. The van der Waals surface area contributed by atoms with Gasteiger partial charge in [-0.25, -0.2) is 0 Å². The Morgan fingerprint density at radius 1 is 1.48 bits per heavy atom. The van der Waals surface area contributed by atoms with Gasteiger partial charge in [0.2, 0.25) is 5.91 Å². The number of hydrogen-bond acceptors (Lipinski definition) is 3. The third kappa shape index (κ3) is 5.61. The zero-order valence-corrected chi connectivity index (χ0v) is 14.9. The Morgan fingerprint density at radius 2 is 2.24 bits per heavy atom. The second-order valence-electron chi connectivity index (χ2n) is 6.03. The monoisotopic (exact) mass is 330 g/mol. The maximum absolute atomic E-state index is 12.5. The number of nitrogens with zero attached hydrogens (tertiary/aromatic N) is 1. The highest BCUT2D eigenvalue weighted by molar-refractivity contribution is 7.11. The molecular weight excluding hydrogens is 304 g/mol. The van der Waals surface area contributed by atoms with Crippen molar-refractivity contribution in [1.29, 1.82) is 0 Å². The van der Waals surface area contributed by atoms with Crippen LogP contribution in [0.15, 0.2) is 12.1 Å². The molecule has 120 valence electrons. The normalized spacial score (nSPS) is 17.8. The second-order valence-corrected chi connectivity index (χ2v) is 7.40. The van der Waals surface area contributed by atoms with Crippen LogP contribution in [0, 0.1) is 12.8 Å². The first-order valence-electron chi connectivity index (χ1n) is 7.61. The minimum absolute atomic E-state index is 0. The molecule has 1 unspecified atom stereocenters. The first-order valence-corrected chi connectivity index (χ1v) is 8.43. The zero-order valence-electron chi connectivity index (χ0n) is 13.2. The van der Waals surface area contributed by atoms with Gasteiger partial charge in [0.15, 0.2) is 0 Å². The maximum Gasteiger partial charge on any atom is 0.223 e. The summed E-state index contributed by atoms with van der Waals surface area (Å²) in [5.41, 5.74) is 0. The minimum Gasteiger partial charge on any atom is -0.335 e. The Balaban J connectivity index is 0.00000220. The number of halogens is 1. The molecule has 1 saturated heterocycles. The van der Waals surface area contributed by atoms with E-state index in [1.807, 2.05) is 4.90 Å². The van der Waals surface area contributed by atoms with E-state index in [1.54, 1.807) is 11.3 Å². The van der Waals surface area contributed by atoms with E-state index in [1.165, 1.54) is 16.2 Å². The lowest BCUT2D eigenvalue weighted by Gasteiger charge is -2.27. The Morgan fingerprint density at radius 3 is 2.76 bits per heavy atom. The molecule has 0 saturated carbocycles. The summed E-state index contributed by atoms with van der Waals surface area (Å²) in [5, 5.41) is 3.37. The van der Waals surface area contributed by atoms with Crippen molar-refractivity contribution in [3.8, 4) is 0 Å². The Hall–Kier alpha value is -0.580. The summed E-state index contributed by atoms with van der Waals surface area (Å²) >= 11 is 1.79. The summed E-state index contributed by atoms with van der Waals surface area (Å²) in [6.07, 6.45) is 2.94. The molecule has 2 rings (SSSR count). The summed E-state index contributed by atoms with van der Waals surface area (Å²) in [6, 6.07) is 4.54. The fourth-order valence-electron chi connectivity index (χ4n) is 2.73. The molecule has 1 amide bonds. The van der Waals surface area contributed by atoms with Crippen LogP contribution in [0.3, 0.4) is 0 Å². The average Bonchev–Trinajstić information content (AvgIpc) is 3.04. The molecule has 1 aliphatic rings. The first-order chi connectivity index (χ1) is 9.56. The molecule has 2 heterocycles. The van der Waals surface area contributed by atoms with Gasteiger partial charge in [-0.05, 0) is 64.8 Å². The van der Waals surface area contributed by atoms with Crippen molar-refractivity contribution in [2.75, 3.05) is 13.1 Å². The molecule has 1 fully saturated rings. The average molecular weight is 331 g/mol. The predicted molar refractivity (Wildman–Crippen MR) is 92.2 cm³/mol. The smallest absolute Gasteiger partial charge is 0.223 e. The van der Waals surface area contributed by atoms with E-state index in [0.717, 1.165) is 26.1 Å². The third-order valence-corrected chi connectivity index (χ3v) is 4.98. The molecule has 1 aromatic heterocycles. The Labute approximate surface area is 138 Å². The van der Waals surface area contributed by atoms with E-state index < -0.39 is 0 Å². The third-order valence-electron chi connectivity index (χ3n) is 3.99. The molecule has 3 nitrogen and oxygen atoms in total. The van der Waals surface area contributed by atoms with Crippen molar-refractivity contribution in [1.82, 2.24) is 10.2 Å². The van der Waals surface area contributed by atoms with E-state index in [9.17, 15) is 4.79 Å². The highest BCUT2D eigenvalue weighted by Gasteiger charge is 2.21. The van der Waals surface area contributed by atoms with Crippen molar-refractivity contribution in [3.05, 3.63) is 21.9 Å². The van der Waals surface area contributed by atoms with Crippen LogP contribution in [0.25, 0.3) is 0 Å². The van der Waals surface area contributed by atoms with Gasteiger partial charge in [0.05, 0.1) is 6.54 Å². The van der Waals surface area contributed by atoms with Crippen LogP contribution in [0.5, 0.6) is 0 Å². The van der Waals surface area contributed by atoms with Gasteiger partial charge in [0.25, 0.3) is 0 Å². The standard InChI is InChI=1S/C16H26N2OS.ClH/c1-12(2)18(11-15-6-4-13(3)20-15)16(19)7-5-14-8-9-17-10-14;/h4,6,12,14,17H,5,7-11H2,1-3H3;1H. The van der Waals surface area contributed by atoms with Gasteiger partial charge >= 0.3 is 0 Å². The molecule has 0 bridgehead atoms. The van der Waals surface area contributed by atoms with Gasteiger partial charge in [-0.1, -0.05) is 0 Å². The first kappa shape index (κ1) is 18.5. The largest absolute Gasteiger partial charge is 0.335 e. The Kier molecular flexibility index (Phi) is 7.71. The van der Waals surface area contributed by atoms with Crippen molar-refractivity contribution >= 4 is 29.7 Å². The molecular formula is C16H27ClN2OS. The molecule has 5 heteroatoms. The van der Waals surface area contributed by atoms with Gasteiger partial charge in [-0.15, -0.1) is 23.7 Å². The van der Waals surface area contributed by atoms with Gasteiger partial charge in [-0.2, -0.15) is 0 Å². The number of carbonyl (C=O) groups is 1. The van der Waals surface area contributed by atoms with Crippen LogP contribution >= 0.6 is 23.7 Å². The van der Waals surface area contributed by atoms with Gasteiger partial charge < -0.3 is 10.2 Å². The minimum atomic E-state index is 0. The maximum atomic E-state index is 12.5. The number of carbonyl (C=O) groups excluding carboxylic acids is 1. The van der Waals surface area contributed by atoms with Crippen LogP contribution in [0.4, 0.5) is 0 Å². The topological polar surface area (TPSA) is 32.3 Å². The lowest BCUT2D eigenvalue weighted by molar-refractivity contribution is -0.133. The fourth-order valence-corrected chi connectivity index (χ4v) is 3.62. The highest BCUT2D eigenvalue weighted by atomic mass is 35.5. The summed E-state index contributed by atoms with van der Waals surface area (Å²) in [5.74, 6) is 0.995. The van der Waals surface area contributed by atoms with E-state index in [2.05, 4.69) is 38.2 Å². The summed E-state index contributed by atoms with van der Waals surface area (Å²) in [6.45, 7) is 9.28. The number of rotatable bonds is 6. The molecule has 0 radical (unpaired) electrons. The summed E-state index contributed by atoms with van der Waals surface area (Å²) < 4.78 is 0.